The molecule has 0 unspecified atom stereocenters. The number of nitrogens with zero attached hydrogens (tertiary/aromatic N) is 3. The Kier molecular flexibility index (Phi) is 5.94. The van der Waals surface area contributed by atoms with E-state index < -0.39 is 0 Å². The molecule has 0 bridgehead atoms. The fraction of sp³-hybridized carbons (Fsp3) is 0.550. The molecule has 0 saturated carbocycles. The van der Waals surface area contributed by atoms with Crippen LogP contribution < -0.4 is 5.32 Å². The van der Waals surface area contributed by atoms with Crippen LogP contribution in [0, 0.1) is 5.92 Å². The number of halogens is 1. The average Bonchev–Trinajstić information content (AvgIpc) is 3.26. The lowest BCUT2D eigenvalue weighted by Gasteiger charge is -2.28. The van der Waals surface area contributed by atoms with Gasteiger partial charge >= 0.3 is 0 Å². The largest absolute Gasteiger partial charge is 0.378 e. The van der Waals surface area contributed by atoms with E-state index in [2.05, 4.69) is 17.3 Å². The first-order valence-corrected chi connectivity index (χ1v) is 11.2. The normalized spacial score (nSPS) is 19.1. The molecular weight excluding hydrogens is 412 g/mol. The minimum atomic E-state index is -0.350. The quantitative estimate of drug-likeness (QED) is 0.797. The fourth-order valence-corrected chi connectivity index (χ4v) is 5.67. The lowest BCUT2D eigenvalue weighted by Crippen LogP contribution is -2.41. The summed E-state index contributed by atoms with van der Waals surface area (Å²) >= 11 is 7.67. The number of carbonyl (C=O) groups is 2. The van der Waals surface area contributed by atoms with Gasteiger partial charge in [-0.1, -0.05) is 24.9 Å². The van der Waals surface area contributed by atoms with Gasteiger partial charge in [-0.2, -0.15) is 5.10 Å². The number of morpholine rings is 1. The molecule has 0 aromatic carbocycles. The molecule has 2 aromatic rings. The molecule has 1 N–H and O–H groups in total. The van der Waals surface area contributed by atoms with Gasteiger partial charge in [-0.15, -0.1) is 11.3 Å². The van der Waals surface area contributed by atoms with Crippen molar-refractivity contribution in [2.75, 3.05) is 31.6 Å². The molecule has 3 heterocycles. The van der Waals surface area contributed by atoms with Crippen LogP contribution in [0.3, 0.4) is 0 Å². The number of hydrogen-bond acceptors (Lipinski definition) is 5. The molecular formula is C20H25ClN4O3S. The first kappa shape index (κ1) is 20.4. The molecule has 9 heteroatoms. The fourth-order valence-electron chi connectivity index (χ4n) is 4.07. The van der Waals surface area contributed by atoms with E-state index in [1.807, 2.05) is 4.90 Å². The van der Waals surface area contributed by atoms with Crippen molar-refractivity contribution < 1.29 is 14.3 Å². The summed E-state index contributed by atoms with van der Waals surface area (Å²) in [5.41, 5.74) is 2.03. The summed E-state index contributed by atoms with van der Waals surface area (Å²) in [6.07, 6.45) is 5.48. The number of hydrogen-bond donors (Lipinski definition) is 1. The van der Waals surface area contributed by atoms with Crippen LogP contribution in [0.4, 0.5) is 5.00 Å². The second-order valence-corrected chi connectivity index (χ2v) is 9.06. The van der Waals surface area contributed by atoms with Gasteiger partial charge in [0, 0.05) is 25.0 Å². The lowest BCUT2D eigenvalue weighted by molar-refractivity contribution is 0.0303. The van der Waals surface area contributed by atoms with Crippen LogP contribution in [0.2, 0.25) is 5.02 Å². The number of ether oxygens (including phenoxy) is 1. The number of rotatable bonds is 4. The molecule has 7 nitrogen and oxygen atoms in total. The predicted octanol–water partition coefficient (Wildman–Crippen LogP) is 3.37. The van der Waals surface area contributed by atoms with E-state index in [-0.39, 0.29) is 17.5 Å². The molecule has 2 aromatic heterocycles. The van der Waals surface area contributed by atoms with E-state index in [9.17, 15) is 9.59 Å². The van der Waals surface area contributed by atoms with Gasteiger partial charge in [-0.05, 0) is 30.7 Å². The molecule has 2 amide bonds. The van der Waals surface area contributed by atoms with Gasteiger partial charge < -0.3 is 15.0 Å². The van der Waals surface area contributed by atoms with E-state index in [4.69, 9.17) is 16.3 Å². The van der Waals surface area contributed by atoms with Gasteiger partial charge in [0.25, 0.3) is 11.8 Å². The van der Waals surface area contributed by atoms with E-state index in [1.165, 1.54) is 27.1 Å². The number of aryl methyl sites for hydroxylation is 1. The average molecular weight is 437 g/mol. The van der Waals surface area contributed by atoms with Gasteiger partial charge in [-0.25, -0.2) is 0 Å². The third-order valence-corrected chi connectivity index (χ3v) is 7.24. The summed E-state index contributed by atoms with van der Waals surface area (Å²) in [5.74, 6) is 0.256. The van der Waals surface area contributed by atoms with Gasteiger partial charge in [0.15, 0.2) is 0 Å². The molecule has 1 aliphatic carbocycles. The SMILES string of the molecule is CC[C@H]1CCc2c(sc(NC(=O)c3c(Cl)cnn3C)c2C(=O)N2CCOCC2)C1. The van der Waals surface area contributed by atoms with Gasteiger partial charge in [0.05, 0.1) is 30.0 Å². The Balaban J connectivity index is 1.69. The van der Waals surface area contributed by atoms with Crippen molar-refractivity contribution in [1.82, 2.24) is 14.7 Å². The van der Waals surface area contributed by atoms with Crippen molar-refractivity contribution in [2.24, 2.45) is 13.0 Å². The molecule has 1 atom stereocenters. The van der Waals surface area contributed by atoms with Crippen molar-refractivity contribution in [3.63, 3.8) is 0 Å². The Hall–Kier alpha value is -1.90. The second-order valence-electron chi connectivity index (χ2n) is 7.55. The Morgan fingerprint density at radius 1 is 1.38 bits per heavy atom. The number of fused-ring (bicyclic) bond motifs is 1. The smallest absolute Gasteiger partial charge is 0.276 e. The van der Waals surface area contributed by atoms with Crippen molar-refractivity contribution in [3.05, 3.63) is 32.9 Å². The molecule has 1 fully saturated rings. The Morgan fingerprint density at radius 3 is 2.79 bits per heavy atom. The van der Waals surface area contributed by atoms with Crippen LogP contribution in [-0.2, 0) is 24.6 Å². The van der Waals surface area contributed by atoms with Gasteiger partial charge in [-0.3, -0.25) is 14.3 Å². The van der Waals surface area contributed by atoms with Crippen molar-refractivity contribution in [2.45, 2.75) is 32.6 Å². The van der Waals surface area contributed by atoms with Crippen LogP contribution in [0.25, 0.3) is 0 Å². The van der Waals surface area contributed by atoms with Crippen LogP contribution in [0.15, 0.2) is 6.20 Å². The van der Waals surface area contributed by atoms with Crippen molar-refractivity contribution in [3.8, 4) is 0 Å². The highest BCUT2D eigenvalue weighted by Gasteiger charge is 2.32. The summed E-state index contributed by atoms with van der Waals surface area (Å²) in [7, 11) is 1.67. The first-order chi connectivity index (χ1) is 14.0. The number of amides is 2. The van der Waals surface area contributed by atoms with Crippen LogP contribution >= 0.6 is 22.9 Å². The van der Waals surface area contributed by atoms with Gasteiger partial charge in [0.2, 0.25) is 0 Å². The predicted molar refractivity (Wildman–Crippen MR) is 113 cm³/mol. The highest BCUT2D eigenvalue weighted by Crippen LogP contribution is 2.41. The molecule has 0 radical (unpaired) electrons. The van der Waals surface area contributed by atoms with Crippen LogP contribution in [-0.4, -0.2) is 52.8 Å². The zero-order chi connectivity index (χ0) is 20.5. The molecule has 1 saturated heterocycles. The molecule has 2 aliphatic rings. The standard InChI is InChI=1S/C20H25ClN4O3S/c1-3-12-4-5-13-15(10-12)29-19(16(13)20(27)25-6-8-28-9-7-25)23-18(26)17-14(21)11-22-24(17)2/h11-12H,3-10H2,1-2H3,(H,23,26)/t12-/m0/s1. The van der Waals surface area contributed by atoms with Crippen molar-refractivity contribution >= 4 is 39.8 Å². The highest BCUT2D eigenvalue weighted by molar-refractivity contribution is 7.17. The van der Waals surface area contributed by atoms with E-state index in [0.29, 0.717) is 47.8 Å². The number of aromatic nitrogens is 2. The highest BCUT2D eigenvalue weighted by atomic mass is 35.5. The summed E-state index contributed by atoms with van der Waals surface area (Å²) in [5, 5.41) is 7.90. The summed E-state index contributed by atoms with van der Waals surface area (Å²) in [4.78, 5) is 29.3. The zero-order valence-corrected chi connectivity index (χ0v) is 18.2. The Morgan fingerprint density at radius 2 is 2.14 bits per heavy atom. The monoisotopic (exact) mass is 436 g/mol. The maximum atomic E-state index is 13.4. The lowest BCUT2D eigenvalue weighted by atomic mass is 9.85. The van der Waals surface area contributed by atoms with E-state index in [0.717, 1.165) is 31.2 Å². The number of nitrogens with one attached hydrogen (secondary N) is 1. The topological polar surface area (TPSA) is 76.5 Å². The molecule has 4 rings (SSSR count). The minimum absolute atomic E-state index is 0.0212. The number of anilines is 1. The third-order valence-electron chi connectivity index (χ3n) is 5.79. The Labute approximate surface area is 179 Å². The van der Waals surface area contributed by atoms with Gasteiger partial charge in [0.1, 0.15) is 10.7 Å². The molecule has 0 spiro atoms. The van der Waals surface area contributed by atoms with Crippen LogP contribution in [0.5, 0.6) is 0 Å². The maximum absolute atomic E-state index is 13.4. The van der Waals surface area contributed by atoms with Crippen LogP contribution in [0.1, 0.15) is 51.1 Å². The zero-order valence-electron chi connectivity index (χ0n) is 16.7. The third kappa shape index (κ3) is 3.93. The van der Waals surface area contributed by atoms with E-state index in [1.54, 1.807) is 7.05 Å². The summed E-state index contributed by atoms with van der Waals surface area (Å²) in [6, 6.07) is 0. The first-order valence-electron chi connectivity index (χ1n) is 10.00. The summed E-state index contributed by atoms with van der Waals surface area (Å²) in [6.45, 7) is 4.44. The second kappa shape index (κ2) is 8.45. The Bertz CT molecular complexity index is 913. The number of carbonyl (C=O) groups excluding carboxylic acids is 2. The molecule has 1 aliphatic heterocycles. The molecule has 29 heavy (non-hydrogen) atoms. The maximum Gasteiger partial charge on any atom is 0.276 e. The van der Waals surface area contributed by atoms with Crippen molar-refractivity contribution in [1.29, 1.82) is 0 Å². The molecule has 156 valence electrons. The summed E-state index contributed by atoms with van der Waals surface area (Å²) < 4.78 is 6.84. The van der Waals surface area contributed by atoms with E-state index >= 15 is 0 Å². The minimum Gasteiger partial charge on any atom is -0.378 e. The number of thiophene rings is 1.